The van der Waals surface area contributed by atoms with E-state index < -0.39 is 5.91 Å². The summed E-state index contributed by atoms with van der Waals surface area (Å²) in [6.07, 6.45) is 3.57. The first-order chi connectivity index (χ1) is 11.7. The number of hydrogen-bond acceptors (Lipinski definition) is 2. The van der Waals surface area contributed by atoms with Crippen LogP contribution in [0.1, 0.15) is 15.9 Å². The van der Waals surface area contributed by atoms with Crippen molar-refractivity contribution in [1.82, 2.24) is 9.55 Å². The van der Waals surface area contributed by atoms with Crippen molar-refractivity contribution in [2.24, 2.45) is 5.73 Å². The van der Waals surface area contributed by atoms with E-state index in [1.165, 1.54) is 0 Å². The van der Waals surface area contributed by atoms with Gasteiger partial charge in [-0.2, -0.15) is 0 Å². The number of amides is 1. The van der Waals surface area contributed by atoms with Crippen molar-refractivity contribution >= 4 is 39.3 Å². The maximum absolute atomic E-state index is 11.9. The van der Waals surface area contributed by atoms with Gasteiger partial charge in [0.05, 0.1) is 16.1 Å². The fourth-order valence-corrected chi connectivity index (χ4v) is 3.48. The third-order valence-electron chi connectivity index (χ3n) is 4.19. The number of nitrogens with zero attached hydrogens (tertiary/aromatic N) is 2. The standard InChI is InChI=1S/C19H14ClN3O/c20-15-7-1-5-13-17-14(19(21)24)6-2-8-16(17)23(18(13)15)11-12-4-3-9-22-10-12/h1-10H,11H2,(H2,21,24). The fraction of sp³-hybridized carbons (Fsp3) is 0.0526. The summed E-state index contributed by atoms with van der Waals surface area (Å²) in [6.45, 7) is 0.611. The molecule has 0 fully saturated rings. The molecule has 0 bridgehead atoms. The zero-order valence-electron chi connectivity index (χ0n) is 12.7. The summed E-state index contributed by atoms with van der Waals surface area (Å²) in [4.78, 5) is 16.1. The van der Waals surface area contributed by atoms with Gasteiger partial charge in [0.2, 0.25) is 5.91 Å². The highest BCUT2D eigenvalue weighted by Gasteiger charge is 2.18. The second kappa shape index (κ2) is 5.65. The average molecular weight is 336 g/mol. The average Bonchev–Trinajstić information content (AvgIpc) is 2.91. The molecule has 0 radical (unpaired) electrons. The second-order valence-electron chi connectivity index (χ2n) is 5.65. The molecule has 2 N–H and O–H groups in total. The highest BCUT2D eigenvalue weighted by atomic mass is 35.5. The lowest BCUT2D eigenvalue weighted by molar-refractivity contribution is 0.100. The molecule has 5 heteroatoms. The molecule has 0 aliphatic carbocycles. The van der Waals surface area contributed by atoms with Crippen LogP contribution in [0.3, 0.4) is 0 Å². The molecule has 118 valence electrons. The van der Waals surface area contributed by atoms with Crippen LogP contribution in [0.2, 0.25) is 5.02 Å². The number of fused-ring (bicyclic) bond motifs is 3. The van der Waals surface area contributed by atoms with Gasteiger partial charge in [0, 0.05) is 35.3 Å². The molecular formula is C19H14ClN3O. The van der Waals surface area contributed by atoms with E-state index in [1.54, 1.807) is 12.3 Å². The molecule has 0 saturated carbocycles. The van der Waals surface area contributed by atoms with Gasteiger partial charge in [0.1, 0.15) is 0 Å². The minimum atomic E-state index is -0.444. The van der Waals surface area contributed by atoms with Crippen LogP contribution >= 0.6 is 11.6 Å². The number of pyridine rings is 1. The Morgan fingerprint density at radius 2 is 1.96 bits per heavy atom. The Balaban J connectivity index is 2.10. The number of hydrogen-bond donors (Lipinski definition) is 1. The lowest BCUT2D eigenvalue weighted by Gasteiger charge is -2.08. The lowest BCUT2D eigenvalue weighted by atomic mass is 10.1. The van der Waals surface area contributed by atoms with Gasteiger partial charge in [0.15, 0.2) is 0 Å². The predicted molar refractivity (Wildman–Crippen MR) is 96.3 cm³/mol. The molecule has 4 aromatic rings. The van der Waals surface area contributed by atoms with Crippen molar-refractivity contribution in [2.75, 3.05) is 0 Å². The van der Waals surface area contributed by atoms with Gasteiger partial charge in [-0.25, -0.2) is 0 Å². The van der Waals surface area contributed by atoms with E-state index in [0.717, 1.165) is 27.4 Å². The summed E-state index contributed by atoms with van der Waals surface area (Å²) in [5.41, 5.74) is 8.96. The molecular weight excluding hydrogens is 322 g/mol. The van der Waals surface area contributed by atoms with Gasteiger partial charge in [-0.1, -0.05) is 35.9 Å². The fourth-order valence-electron chi connectivity index (χ4n) is 3.20. The maximum atomic E-state index is 11.9. The number of carbonyl (C=O) groups is 1. The van der Waals surface area contributed by atoms with Gasteiger partial charge in [-0.3, -0.25) is 9.78 Å². The normalized spacial score (nSPS) is 11.2. The molecule has 0 aliphatic heterocycles. The lowest BCUT2D eigenvalue weighted by Crippen LogP contribution is -2.11. The highest BCUT2D eigenvalue weighted by Crippen LogP contribution is 2.35. The van der Waals surface area contributed by atoms with E-state index in [2.05, 4.69) is 9.55 Å². The number of primary amides is 1. The van der Waals surface area contributed by atoms with Crippen molar-refractivity contribution in [2.45, 2.75) is 6.54 Å². The molecule has 2 aromatic carbocycles. The molecule has 0 unspecified atom stereocenters. The van der Waals surface area contributed by atoms with E-state index in [0.29, 0.717) is 17.1 Å². The first kappa shape index (κ1) is 14.7. The second-order valence-corrected chi connectivity index (χ2v) is 6.05. The molecule has 0 aliphatic rings. The molecule has 2 aromatic heterocycles. The Morgan fingerprint density at radius 3 is 2.71 bits per heavy atom. The molecule has 0 spiro atoms. The van der Waals surface area contributed by atoms with Crippen LogP contribution < -0.4 is 5.73 Å². The van der Waals surface area contributed by atoms with Crippen LogP contribution in [0.25, 0.3) is 21.8 Å². The van der Waals surface area contributed by atoms with Gasteiger partial charge < -0.3 is 10.3 Å². The Morgan fingerprint density at radius 1 is 1.12 bits per heavy atom. The summed E-state index contributed by atoms with van der Waals surface area (Å²) in [7, 11) is 0. The molecule has 2 heterocycles. The third kappa shape index (κ3) is 2.23. The van der Waals surface area contributed by atoms with Gasteiger partial charge in [-0.15, -0.1) is 0 Å². The largest absolute Gasteiger partial charge is 0.366 e. The smallest absolute Gasteiger partial charge is 0.249 e. The highest BCUT2D eigenvalue weighted by molar-refractivity contribution is 6.37. The van der Waals surface area contributed by atoms with Gasteiger partial charge in [0.25, 0.3) is 0 Å². The van der Waals surface area contributed by atoms with Crippen LogP contribution in [-0.4, -0.2) is 15.5 Å². The van der Waals surface area contributed by atoms with Crippen molar-refractivity contribution in [3.8, 4) is 0 Å². The zero-order chi connectivity index (χ0) is 16.7. The molecule has 24 heavy (non-hydrogen) atoms. The van der Waals surface area contributed by atoms with Crippen molar-refractivity contribution < 1.29 is 4.79 Å². The summed E-state index contributed by atoms with van der Waals surface area (Å²) in [5.74, 6) is -0.444. The van der Waals surface area contributed by atoms with E-state index in [4.69, 9.17) is 17.3 Å². The van der Waals surface area contributed by atoms with Gasteiger partial charge >= 0.3 is 0 Å². The number of halogens is 1. The molecule has 1 amide bonds. The van der Waals surface area contributed by atoms with Crippen LogP contribution in [0.5, 0.6) is 0 Å². The van der Waals surface area contributed by atoms with Crippen LogP contribution in [0, 0.1) is 0 Å². The van der Waals surface area contributed by atoms with Crippen LogP contribution in [-0.2, 0) is 6.54 Å². The first-order valence-electron chi connectivity index (χ1n) is 7.55. The minimum Gasteiger partial charge on any atom is -0.366 e. The van der Waals surface area contributed by atoms with Crippen molar-refractivity contribution in [3.05, 3.63) is 77.1 Å². The summed E-state index contributed by atoms with van der Waals surface area (Å²) < 4.78 is 2.11. The molecule has 0 saturated heterocycles. The number of carbonyl (C=O) groups excluding carboxylic acids is 1. The quantitative estimate of drug-likeness (QED) is 0.615. The molecule has 4 nitrogen and oxygen atoms in total. The SMILES string of the molecule is NC(=O)c1cccc2c1c1cccc(Cl)c1n2Cc1cccnc1. The van der Waals surface area contributed by atoms with E-state index in [9.17, 15) is 4.79 Å². The number of rotatable bonds is 3. The molecule has 0 atom stereocenters. The number of aromatic nitrogens is 2. The summed E-state index contributed by atoms with van der Waals surface area (Å²) >= 11 is 6.48. The van der Waals surface area contributed by atoms with Crippen molar-refractivity contribution in [1.29, 1.82) is 0 Å². The Kier molecular flexibility index (Phi) is 3.47. The number of benzene rings is 2. The minimum absolute atomic E-state index is 0.444. The van der Waals surface area contributed by atoms with Crippen LogP contribution in [0.4, 0.5) is 0 Å². The first-order valence-corrected chi connectivity index (χ1v) is 7.93. The van der Waals surface area contributed by atoms with Gasteiger partial charge in [-0.05, 0) is 29.8 Å². The number of nitrogens with two attached hydrogens (primary N) is 1. The van der Waals surface area contributed by atoms with Crippen molar-refractivity contribution in [3.63, 3.8) is 0 Å². The third-order valence-corrected chi connectivity index (χ3v) is 4.49. The van der Waals surface area contributed by atoms with Crippen LogP contribution in [0.15, 0.2) is 60.9 Å². The monoisotopic (exact) mass is 335 g/mol. The Labute approximate surface area is 143 Å². The van der Waals surface area contributed by atoms with E-state index >= 15 is 0 Å². The predicted octanol–water partition coefficient (Wildman–Crippen LogP) is 3.99. The number of para-hydroxylation sites is 1. The Hall–Kier alpha value is -2.85. The zero-order valence-corrected chi connectivity index (χ0v) is 13.5. The topological polar surface area (TPSA) is 60.9 Å². The molecule has 4 rings (SSSR count). The maximum Gasteiger partial charge on any atom is 0.249 e. The summed E-state index contributed by atoms with van der Waals surface area (Å²) in [6, 6.07) is 15.2. The van der Waals surface area contributed by atoms with E-state index in [1.807, 2.05) is 48.7 Å². The Bertz CT molecular complexity index is 1070. The summed E-state index contributed by atoms with van der Waals surface area (Å²) in [5, 5.41) is 2.41. The van der Waals surface area contributed by atoms with E-state index in [-0.39, 0.29) is 0 Å².